The first-order valence-corrected chi connectivity index (χ1v) is 7.14. The van der Waals surface area contributed by atoms with Crippen LogP contribution in [0.15, 0.2) is 18.2 Å². The van der Waals surface area contributed by atoms with Crippen LogP contribution in [0.4, 0.5) is 11.4 Å². The second-order valence-corrected chi connectivity index (χ2v) is 5.54. The van der Waals surface area contributed by atoms with Crippen molar-refractivity contribution in [1.29, 1.82) is 0 Å². The third-order valence-electron chi connectivity index (χ3n) is 4.00. The third kappa shape index (κ3) is 2.51. The number of carbonyl (C=O) groups is 1. The fourth-order valence-corrected chi connectivity index (χ4v) is 2.95. The fourth-order valence-electron chi connectivity index (χ4n) is 2.95. The number of morpholine rings is 1. The monoisotopic (exact) mass is 275 g/mol. The number of rotatable bonds is 2. The Labute approximate surface area is 119 Å². The van der Waals surface area contributed by atoms with Crippen molar-refractivity contribution in [2.45, 2.75) is 19.4 Å². The van der Waals surface area contributed by atoms with Gasteiger partial charge in [0.15, 0.2) is 0 Å². The maximum atomic E-state index is 11.9. The lowest BCUT2D eigenvalue weighted by Crippen LogP contribution is -2.36. The van der Waals surface area contributed by atoms with Crippen LogP contribution in [0.1, 0.15) is 12.0 Å². The Morgan fingerprint density at radius 1 is 1.30 bits per heavy atom. The number of carbonyl (C=O) groups excluding carboxylic acids is 1. The minimum atomic E-state index is -0.0401. The number of amides is 1. The molecule has 2 N–H and O–H groups in total. The highest BCUT2D eigenvalue weighted by Gasteiger charge is 2.28. The molecule has 5 heteroatoms. The van der Waals surface area contributed by atoms with Crippen molar-refractivity contribution >= 4 is 17.3 Å². The summed E-state index contributed by atoms with van der Waals surface area (Å²) in [5, 5.41) is 0. The van der Waals surface area contributed by atoms with Crippen molar-refractivity contribution in [2.75, 3.05) is 42.6 Å². The molecule has 2 aliphatic rings. The molecule has 1 aromatic rings. The predicted molar refractivity (Wildman–Crippen MR) is 79.2 cm³/mol. The van der Waals surface area contributed by atoms with Gasteiger partial charge < -0.3 is 20.3 Å². The Kier molecular flexibility index (Phi) is 3.63. The van der Waals surface area contributed by atoms with Crippen LogP contribution in [0.3, 0.4) is 0 Å². The minimum absolute atomic E-state index is 0.0401. The Hall–Kier alpha value is -1.59. The lowest BCUT2D eigenvalue weighted by atomic mass is 10.1. The number of hydrogen-bond donors (Lipinski definition) is 1. The number of benzene rings is 1. The summed E-state index contributed by atoms with van der Waals surface area (Å²) in [7, 11) is 0. The number of ether oxygens (including phenoxy) is 1. The summed E-state index contributed by atoms with van der Waals surface area (Å²) in [6.07, 6.45) is 0.449. The van der Waals surface area contributed by atoms with Gasteiger partial charge in [0.1, 0.15) is 0 Å². The van der Waals surface area contributed by atoms with Crippen LogP contribution in [0.2, 0.25) is 0 Å². The van der Waals surface area contributed by atoms with E-state index in [4.69, 9.17) is 10.5 Å². The highest BCUT2D eigenvalue weighted by Crippen LogP contribution is 2.28. The van der Waals surface area contributed by atoms with E-state index in [0.29, 0.717) is 13.0 Å². The van der Waals surface area contributed by atoms with E-state index < -0.39 is 0 Å². The van der Waals surface area contributed by atoms with E-state index in [2.05, 4.69) is 24.0 Å². The van der Waals surface area contributed by atoms with Crippen molar-refractivity contribution in [3.63, 3.8) is 0 Å². The standard InChI is InChI=1S/C15H21N3O2/c1-11-8-13(18-10-12(16)9-15(18)19)2-3-14(11)17-4-6-20-7-5-17/h2-3,8,12H,4-7,9-10,16H2,1H3. The molecule has 3 rings (SSSR count). The molecule has 1 amide bonds. The molecule has 1 unspecified atom stereocenters. The van der Waals surface area contributed by atoms with E-state index in [9.17, 15) is 4.79 Å². The zero-order valence-corrected chi connectivity index (χ0v) is 11.8. The minimum Gasteiger partial charge on any atom is -0.378 e. The van der Waals surface area contributed by atoms with E-state index in [1.807, 2.05) is 6.07 Å². The first-order valence-electron chi connectivity index (χ1n) is 7.14. The average Bonchev–Trinajstić information content (AvgIpc) is 2.78. The van der Waals surface area contributed by atoms with Crippen molar-refractivity contribution < 1.29 is 9.53 Å². The zero-order chi connectivity index (χ0) is 14.1. The van der Waals surface area contributed by atoms with Gasteiger partial charge in [0.2, 0.25) is 5.91 Å². The van der Waals surface area contributed by atoms with Crippen LogP contribution in [0.5, 0.6) is 0 Å². The molecule has 2 fully saturated rings. The number of nitrogens with zero attached hydrogens (tertiary/aromatic N) is 2. The smallest absolute Gasteiger partial charge is 0.228 e. The molecule has 0 spiro atoms. The van der Waals surface area contributed by atoms with Crippen LogP contribution in [-0.2, 0) is 9.53 Å². The van der Waals surface area contributed by atoms with Crippen molar-refractivity contribution in [3.8, 4) is 0 Å². The van der Waals surface area contributed by atoms with Crippen molar-refractivity contribution in [3.05, 3.63) is 23.8 Å². The molecule has 0 bridgehead atoms. The second kappa shape index (κ2) is 5.42. The first-order chi connectivity index (χ1) is 9.65. The molecule has 0 radical (unpaired) electrons. The van der Waals surface area contributed by atoms with E-state index in [-0.39, 0.29) is 11.9 Å². The third-order valence-corrected chi connectivity index (χ3v) is 4.00. The maximum absolute atomic E-state index is 11.9. The van der Waals surface area contributed by atoms with Crippen LogP contribution in [-0.4, -0.2) is 44.8 Å². The summed E-state index contributed by atoms with van der Waals surface area (Å²) in [5.41, 5.74) is 9.23. The van der Waals surface area contributed by atoms with Gasteiger partial charge >= 0.3 is 0 Å². The maximum Gasteiger partial charge on any atom is 0.228 e. The summed E-state index contributed by atoms with van der Waals surface area (Å²) in [6.45, 7) is 6.12. The number of aryl methyl sites for hydroxylation is 1. The summed E-state index contributed by atoms with van der Waals surface area (Å²) in [6, 6.07) is 6.17. The highest BCUT2D eigenvalue weighted by molar-refractivity contribution is 5.96. The Morgan fingerprint density at radius 3 is 2.65 bits per heavy atom. The topological polar surface area (TPSA) is 58.8 Å². The quantitative estimate of drug-likeness (QED) is 0.871. The number of hydrogen-bond acceptors (Lipinski definition) is 4. The highest BCUT2D eigenvalue weighted by atomic mass is 16.5. The van der Waals surface area contributed by atoms with Crippen molar-refractivity contribution in [1.82, 2.24) is 0 Å². The Balaban J connectivity index is 1.82. The molecule has 20 heavy (non-hydrogen) atoms. The van der Waals surface area contributed by atoms with Gasteiger partial charge in [-0.2, -0.15) is 0 Å². The lowest BCUT2D eigenvalue weighted by molar-refractivity contribution is -0.117. The molecule has 108 valence electrons. The van der Waals surface area contributed by atoms with Gasteiger partial charge in [0.25, 0.3) is 0 Å². The van der Waals surface area contributed by atoms with Gasteiger partial charge in [-0.1, -0.05) is 0 Å². The molecule has 2 saturated heterocycles. The molecule has 2 aliphatic heterocycles. The second-order valence-electron chi connectivity index (χ2n) is 5.54. The van der Waals surface area contributed by atoms with Crippen LogP contribution in [0, 0.1) is 6.92 Å². The molecular formula is C15H21N3O2. The first kappa shape index (κ1) is 13.4. The van der Waals surface area contributed by atoms with E-state index in [0.717, 1.165) is 32.0 Å². The van der Waals surface area contributed by atoms with Gasteiger partial charge in [0, 0.05) is 43.5 Å². The van der Waals surface area contributed by atoms with E-state index in [1.165, 1.54) is 11.3 Å². The molecule has 2 heterocycles. The fraction of sp³-hybridized carbons (Fsp3) is 0.533. The SMILES string of the molecule is Cc1cc(N2CC(N)CC2=O)ccc1N1CCOCC1. The lowest BCUT2D eigenvalue weighted by Gasteiger charge is -2.30. The van der Waals surface area contributed by atoms with Gasteiger partial charge in [-0.3, -0.25) is 4.79 Å². The average molecular weight is 275 g/mol. The Morgan fingerprint density at radius 2 is 2.05 bits per heavy atom. The summed E-state index contributed by atoms with van der Waals surface area (Å²) in [5.74, 6) is 0.121. The van der Waals surface area contributed by atoms with E-state index >= 15 is 0 Å². The van der Waals surface area contributed by atoms with Gasteiger partial charge in [-0.05, 0) is 30.7 Å². The molecule has 0 aromatic heterocycles. The van der Waals surface area contributed by atoms with Gasteiger partial charge in [-0.15, -0.1) is 0 Å². The molecule has 1 aromatic carbocycles. The number of anilines is 2. The summed E-state index contributed by atoms with van der Waals surface area (Å²) < 4.78 is 5.38. The largest absolute Gasteiger partial charge is 0.378 e. The van der Waals surface area contributed by atoms with Crippen LogP contribution < -0.4 is 15.5 Å². The van der Waals surface area contributed by atoms with Crippen LogP contribution >= 0.6 is 0 Å². The molecule has 0 aliphatic carbocycles. The molecule has 5 nitrogen and oxygen atoms in total. The molecular weight excluding hydrogens is 254 g/mol. The van der Waals surface area contributed by atoms with E-state index in [1.54, 1.807) is 4.90 Å². The van der Waals surface area contributed by atoms with Gasteiger partial charge in [-0.25, -0.2) is 0 Å². The summed E-state index contributed by atoms with van der Waals surface area (Å²) in [4.78, 5) is 16.0. The van der Waals surface area contributed by atoms with Gasteiger partial charge in [0.05, 0.1) is 13.2 Å². The number of nitrogens with two attached hydrogens (primary N) is 1. The van der Waals surface area contributed by atoms with Crippen LogP contribution in [0.25, 0.3) is 0 Å². The summed E-state index contributed by atoms with van der Waals surface area (Å²) >= 11 is 0. The normalized spacial score (nSPS) is 23.5. The van der Waals surface area contributed by atoms with Crippen molar-refractivity contribution in [2.24, 2.45) is 5.73 Å². The molecule has 1 atom stereocenters. The Bertz CT molecular complexity index is 512. The zero-order valence-electron chi connectivity index (χ0n) is 11.8. The molecule has 0 saturated carbocycles. The predicted octanol–water partition coefficient (Wildman–Crippen LogP) is 0.896.